The van der Waals surface area contributed by atoms with E-state index in [2.05, 4.69) is 4.74 Å². The fourth-order valence-electron chi connectivity index (χ4n) is 0.476. The smallest absolute Gasteiger partial charge is 0.426 e. The second kappa shape index (κ2) is 4.40. The lowest BCUT2D eigenvalue weighted by Gasteiger charge is -2.16. The molecule has 0 aliphatic carbocycles. The van der Waals surface area contributed by atoms with Gasteiger partial charge in [-0.1, -0.05) is 0 Å². The van der Waals surface area contributed by atoms with E-state index in [1.165, 1.54) is 0 Å². The van der Waals surface area contributed by atoms with Gasteiger partial charge in [-0.05, 0) is 0 Å². The maximum atomic E-state index is 11.8. The molecular weight excluding hydrogens is 196 g/mol. The van der Waals surface area contributed by atoms with Crippen LogP contribution >= 0.6 is 8.46 Å². The predicted molar refractivity (Wildman–Crippen MR) is 34.1 cm³/mol. The summed E-state index contributed by atoms with van der Waals surface area (Å²) < 4.78 is 49.3. The number of ether oxygens (including phenoxy) is 1. The number of carbonyl (C=O) groups excluding carboxylic acids is 1. The first kappa shape index (κ1) is 11.4. The van der Waals surface area contributed by atoms with Crippen molar-refractivity contribution in [1.82, 2.24) is 0 Å². The quantitative estimate of drug-likeness (QED) is 0.517. The maximum absolute atomic E-state index is 11.8. The molecule has 0 aromatic heterocycles. The molecule has 0 spiro atoms. The summed E-state index contributed by atoms with van der Waals surface area (Å²) in [5, 5.41) is 0. The fraction of sp³-hybridized carbons (Fsp3) is 0.800. The topological polar surface area (TPSA) is 43.4 Å². The summed E-state index contributed by atoms with van der Waals surface area (Å²) in [7, 11) is -0.702. The Hall–Kier alpha value is -0.640. The van der Waals surface area contributed by atoms with Crippen molar-refractivity contribution >= 4 is 14.4 Å². The molecule has 1 unspecified atom stereocenters. The molecule has 3 nitrogen and oxygen atoms in total. The number of carbonyl (C=O) groups is 1. The van der Waals surface area contributed by atoms with Crippen molar-refractivity contribution in [2.24, 2.45) is 0 Å². The summed E-state index contributed by atoms with van der Waals surface area (Å²) in [6, 6.07) is 0. The van der Waals surface area contributed by atoms with E-state index in [0.29, 0.717) is 0 Å². The van der Waals surface area contributed by atoms with Crippen LogP contribution in [-0.4, -0.2) is 24.4 Å². The minimum Gasteiger partial charge on any atom is -0.452 e. The second-order valence-corrected chi connectivity index (χ2v) is 2.57. The van der Waals surface area contributed by atoms with Gasteiger partial charge in [-0.25, -0.2) is 0 Å². The van der Waals surface area contributed by atoms with E-state index in [9.17, 15) is 22.5 Å². The van der Waals surface area contributed by atoms with Gasteiger partial charge in [0, 0.05) is 6.92 Å². The standard InChI is InChI=1S/C5H6F3O3P/c1-3(9)11-4(2-12-10)5(6,7)8/h4H,2H2,1H3. The first-order valence-electron chi connectivity index (χ1n) is 2.91. The molecule has 0 amide bonds. The molecular formula is C5H6F3O3P. The molecule has 0 aliphatic heterocycles. The average Bonchev–Trinajstić information content (AvgIpc) is 1.83. The highest BCUT2D eigenvalue weighted by atomic mass is 31.1. The van der Waals surface area contributed by atoms with Crippen LogP contribution in [0, 0.1) is 0 Å². The highest BCUT2D eigenvalue weighted by molar-refractivity contribution is 7.23. The summed E-state index contributed by atoms with van der Waals surface area (Å²) in [6.45, 7) is 0.862. The van der Waals surface area contributed by atoms with Crippen molar-refractivity contribution in [2.45, 2.75) is 19.2 Å². The molecule has 0 bridgehead atoms. The molecule has 70 valence electrons. The van der Waals surface area contributed by atoms with E-state index in [-0.39, 0.29) is 0 Å². The zero-order valence-corrected chi connectivity index (χ0v) is 6.98. The molecule has 7 heteroatoms. The molecule has 0 aromatic carbocycles. The molecule has 0 saturated carbocycles. The van der Waals surface area contributed by atoms with Crippen molar-refractivity contribution in [3.63, 3.8) is 0 Å². The first-order chi connectivity index (χ1) is 5.38. The Balaban J connectivity index is 4.22. The van der Waals surface area contributed by atoms with Crippen LogP contribution in [0.15, 0.2) is 0 Å². The number of esters is 1. The van der Waals surface area contributed by atoms with E-state index in [0.717, 1.165) is 6.92 Å². The minimum absolute atomic E-state index is 0.702. The Kier molecular flexibility index (Phi) is 4.17. The molecule has 0 aromatic rings. The van der Waals surface area contributed by atoms with Crippen molar-refractivity contribution in [3.8, 4) is 0 Å². The molecule has 1 atom stereocenters. The van der Waals surface area contributed by atoms with Gasteiger partial charge in [-0.2, -0.15) is 13.2 Å². The third kappa shape index (κ3) is 4.28. The van der Waals surface area contributed by atoms with Crippen LogP contribution in [0.2, 0.25) is 0 Å². The maximum Gasteiger partial charge on any atom is 0.426 e. The van der Waals surface area contributed by atoms with E-state index >= 15 is 0 Å². The molecule has 0 radical (unpaired) electrons. The van der Waals surface area contributed by atoms with E-state index in [1.54, 1.807) is 0 Å². The Labute approximate surface area is 68.1 Å². The second-order valence-electron chi connectivity index (χ2n) is 1.95. The van der Waals surface area contributed by atoms with E-state index in [1.807, 2.05) is 0 Å². The van der Waals surface area contributed by atoms with Crippen LogP contribution in [0.4, 0.5) is 13.2 Å². The van der Waals surface area contributed by atoms with Gasteiger partial charge in [0.25, 0.3) is 0 Å². The highest BCUT2D eigenvalue weighted by Gasteiger charge is 2.42. The first-order valence-corrected chi connectivity index (χ1v) is 3.90. The SMILES string of the molecule is CC(=O)OC(CP=O)C(F)(F)F. The van der Waals surface area contributed by atoms with E-state index < -0.39 is 32.9 Å². The van der Waals surface area contributed by atoms with Crippen LogP contribution in [-0.2, 0) is 14.1 Å². The van der Waals surface area contributed by atoms with Gasteiger partial charge in [0.05, 0.1) is 6.16 Å². The van der Waals surface area contributed by atoms with Crippen molar-refractivity contribution < 1.29 is 27.3 Å². The number of alkyl halides is 3. The van der Waals surface area contributed by atoms with Crippen LogP contribution in [0.1, 0.15) is 6.92 Å². The molecule has 0 aliphatic rings. The summed E-state index contributed by atoms with van der Waals surface area (Å²) in [4.78, 5) is 10.1. The molecule has 0 saturated heterocycles. The third-order valence-corrected chi connectivity index (χ3v) is 1.39. The molecule has 0 N–H and O–H groups in total. The van der Waals surface area contributed by atoms with Gasteiger partial charge in [-0.15, -0.1) is 0 Å². The summed E-state index contributed by atoms with van der Waals surface area (Å²) in [5.41, 5.74) is 0. The normalized spacial score (nSPS) is 14.3. The van der Waals surface area contributed by atoms with Gasteiger partial charge in [-0.3, -0.25) is 9.36 Å². The number of halogens is 3. The van der Waals surface area contributed by atoms with Crippen LogP contribution in [0.5, 0.6) is 0 Å². The third-order valence-electron chi connectivity index (χ3n) is 0.914. The van der Waals surface area contributed by atoms with Crippen molar-refractivity contribution in [3.05, 3.63) is 0 Å². The van der Waals surface area contributed by atoms with Crippen molar-refractivity contribution in [1.29, 1.82) is 0 Å². The van der Waals surface area contributed by atoms with Gasteiger partial charge in [0.2, 0.25) is 6.10 Å². The molecule has 0 heterocycles. The summed E-state index contributed by atoms with van der Waals surface area (Å²) in [6.07, 6.45) is -7.68. The fourth-order valence-corrected chi connectivity index (χ4v) is 0.893. The lowest BCUT2D eigenvalue weighted by atomic mass is 10.4. The summed E-state index contributed by atoms with van der Waals surface area (Å²) >= 11 is 0. The minimum atomic E-state index is -4.65. The van der Waals surface area contributed by atoms with Crippen molar-refractivity contribution in [2.75, 3.05) is 6.16 Å². The average molecular weight is 202 g/mol. The molecule has 12 heavy (non-hydrogen) atoms. The number of hydrogen-bond acceptors (Lipinski definition) is 3. The Morgan fingerprint density at radius 3 is 2.33 bits per heavy atom. The number of rotatable bonds is 3. The lowest BCUT2D eigenvalue weighted by molar-refractivity contribution is -0.213. The van der Waals surface area contributed by atoms with Gasteiger partial charge in [0.1, 0.15) is 0 Å². The zero-order chi connectivity index (χ0) is 9.78. The Morgan fingerprint density at radius 1 is 1.58 bits per heavy atom. The van der Waals surface area contributed by atoms with Crippen LogP contribution in [0.3, 0.4) is 0 Å². The number of hydrogen-bond donors (Lipinski definition) is 0. The molecule has 0 rings (SSSR count). The van der Waals surface area contributed by atoms with E-state index in [4.69, 9.17) is 0 Å². The lowest BCUT2D eigenvalue weighted by Crippen LogP contribution is -2.34. The van der Waals surface area contributed by atoms with Gasteiger partial charge >= 0.3 is 12.1 Å². The molecule has 0 fully saturated rings. The Bertz CT molecular complexity index is 179. The van der Waals surface area contributed by atoms with Gasteiger partial charge in [0.15, 0.2) is 8.46 Å². The summed E-state index contributed by atoms with van der Waals surface area (Å²) in [5.74, 6) is -1.04. The zero-order valence-electron chi connectivity index (χ0n) is 6.09. The monoisotopic (exact) mass is 202 g/mol. The van der Waals surface area contributed by atoms with Gasteiger partial charge < -0.3 is 4.74 Å². The highest BCUT2D eigenvalue weighted by Crippen LogP contribution is 2.25. The van der Waals surface area contributed by atoms with Crippen LogP contribution < -0.4 is 0 Å². The largest absolute Gasteiger partial charge is 0.452 e. The predicted octanol–water partition coefficient (Wildman–Crippen LogP) is 1.77. The van der Waals surface area contributed by atoms with Crippen LogP contribution in [0.25, 0.3) is 0 Å². The Morgan fingerprint density at radius 2 is 2.08 bits per heavy atom.